The second-order valence-electron chi connectivity index (χ2n) is 7.34. The fourth-order valence-electron chi connectivity index (χ4n) is 3.39. The van der Waals surface area contributed by atoms with Crippen LogP contribution in [0.2, 0.25) is 0 Å². The van der Waals surface area contributed by atoms with E-state index < -0.39 is 6.10 Å². The van der Waals surface area contributed by atoms with Crippen LogP contribution in [0, 0.1) is 13.8 Å². The van der Waals surface area contributed by atoms with Crippen LogP contribution in [0.3, 0.4) is 0 Å². The lowest BCUT2D eigenvalue weighted by atomic mass is 10.1. The van der Waals surface area contributed by atoms with Crippen LogP contribution in [0.5, 0.6) is 11.5 Å². The Morgan fingerprint density at radius 1 is 1.21 bits per heavy atom. The molecule has 2 amide bonds. The van der Waals surface area contributed by atoms with Crippen molar-refractivity contribution >= 4 is 23.2 Å². The third-order valence-electron chi connectivity index (χ3n) is 4.94. The van der Waals surface area contributed by atoms with Gasteiger partial charge < -0.3 is 19.7 Å². The highest BCUT2D eigenvalue weighted by atomic mass is 16.5. The van der Waals surface area contributed by atoms with Crippen molar-refractivity contribution in [3.05, 3.63) is 47.5 Å². The van der Waals surface area contributed by atoms with E-state index >= 15 is 0 Å². The summed E-state index contributed by atoms with van der Waals surface area (Å²) >= 11 is 0. The molecule has 0 bridgehead atoms. The largest absolute Gasteiger partial charge is 0.483 e. The smallest absolute Gasteiger partial charge is 0.267 e. The van der Waals surface area contributed by atoms with Gasteiger partial charge in [-0.1, -0.05) is 31.5 Å². The minimum absolute atomic E-state index is 0.0622. The van der Waals surface area contributed by atoms with Crippen molar-refractivity contribution < 1.29 is 19.1 Å². The molecule has 1 atom stereocenters. The zero-order valence-electron chi connectivity index (χ0n) is 17.5. The van der Waals surface area contributed by atoms with Gasteiger partial charge in [0.2, 0.25) is 0 Å². The molecule has 2 aromatic rings. The average molecular weight is 396 g/mol. The lowest BCUT2D eigenvalue weighted by Gasteiger charge is -2.33. The summed E-state index contributed by atoms with van der Waals surface area (Å²) in [6, 6.07) is 11.2. The Morgan fingerprint density at radius 3 is 2.62 bits per heavy atom. The molecule has 154 valence electrons. The molecule has 6 heteroatoms. The van der Waals surface area contributed by atoms with Crippen LogP contribution in [-0.4, -0.2) is 31.1 Å². The first kappa shape index (κ1) is 20.7. The third-order valence-corrected chi connectivity index (χ3v) is 4.94. The van der Waals surface area contributed by atoms with E-state index in [0.29, 0.717) is 23.7 Å². The Kier molecular flexibility index (Phi) is 6.42. The fraction of sp³-hybridized carbons (Fsp3) is 0.391. The molecule has 1 heterocycles. The van der Waals surface area contributed by atoms with Gasteiger partial charge in [0.05, 0.1) is 5.69 Å². The summed E-state index contributed by atoms with van der Waals surface area (Å²) < 4.78 is 11.4. The third kappa shape index (κ3) is 4.70. The van der Waals surface area contributed by atoms with Gasteiger partial charge in [-0.15, -0.1) is 0 Å². The Balaban J connectivity index is 1.71. The molecule has 0 saturated carbocycles. The second-order valence-corrected chi connectivity index (χ2v) is 7.34. The number of ether oxygens (including phenoxy) is 2. The maximum Gasteiger partial charge on any atom is 0.267 e. The molecule has 1 N–H and O–H groups in total. The fourth-order valence-corrected chi connectivity index (χ4v) is 3.39. The molecule has 0 aromatic heterocycles. The number of carbonyl (C=O) groups excluding carboxylic acids is 2. The first-order valence-corrected chi connectivity index (χ1v) is 10.0. The zero-order valence-corrected chi connectivity index (χ0v) is 17.5. The number of unbranched alkanes of at least 4 members (excludes halogenated alkanes) is 1. The number of aryl methyl sites for hydroxylation is 2. The van der Waals surface area contributed by atoms with Gasteiger partial charge in [0.25, 0.3) is 11.8 Å². The van der Waals surface area contributed by atoms with Gasteiger partial charge in [0, 0.05) is 12.2 Å². The van der Waals surface area contributed by atoms with E-state index in [1.54, 1.807) is 30.0 Å². The molecule has 3 rings (SSSR count). The van der Waals surface area contributed by atoms with Crippen molar-refractivity contribution in [2.45, 2.75) is 46.6 Å². The van der Waals surface area contributed by atoms with E-state index in [-0.39, 0.29) is 18.4 Å². The van der Waals surface area contributed by atoms with Gasteiger partial charge >= 0.3 is 0 Å². The van der Waals surface area contributed by atoms with Crippen LogP contribution in [0.15, 0.2) is 36.4 Å². The quantitative estimate of drug-likeness (QED) is 0.760. The van der Waals surface area contributed by atoms with Crippen LogP contribution in [0.1, 0.15) is 37.8 Å². The van der Waals surface area contributed by atoms with Crippen LogP contribution >= 0.6 is 0 Å². The number of nitrogens with one attached hydrogen (secondary N) is 1. The van der Waals surface area contributed by atoms with E-state index in [2.05, 4.69) is 12.2 Å². The predicted octanol–water partition coefficient (Wildman–Crippen LogP) is 4.23. The minimum Gasteiger partial charge on any atom is -0.483 e. The van der Waals surface area contributed by atoms with Gasteiger partial charge in [0.1, 0.15) is 11.5 Å². The van der Waals surface area contributed by atoms with Crippen molar-refractivity contribution in [3.63, 3.8) is 0 Å². The molecule has 0 spiro atoms. The predicted molar refractivity (Wildman–Crippen MR) is 114 cm³/mol. The van der Waals surface area contributed by atoms with Crippen LogP contribution in [-0.2, 0) is 9.59 Å². The van der Waals surface area contributed by atoms with Crippen molar-refractivity contribution in [3.8, 4) is 11.5 Å². The summed E-state index contributed by atoms with van der Waals surface area (Å²) in [4.78, 5) is 26.7. The summed E-state index contributed by atoms with van der Waals surface area (Å²) in [5.41, 5.74) is 3.27. The maximum atomic E-state index is 12.5. The number of carbonyl (C=O) groups is 2. The molecular formula is C23H28N2O4. The number of amides is 2. The molecule has 1 aliphatic heterocycles. The highest BCUT2D eigenvalue weighted by Crippen LogP contribution is 2.36. The van der Waals surface area contributed by atoms with Crippen molar-refractivity contribution in [2.75, 3.05) is 23.4 Å². The number of hydrogen-bond acceptors (Lipinski definition) is 4. The summed E-state index contributed by atoms with van der Waals surface area (Å²) in [5.74, 6) is 1.06. The van der Waals surface area contributed by atoms with Crippen LogP contribution in [0.25, 0.3) is 0 Å². The van der Waals surface area contributed by atoms with Crippen molar-refractivity contribution in [1.82, 2.24) is 0 Å². The number of rotatable bonds is 7. The number of nitrogens with zero attached hydrogens (tertiary/aromatic N) is 1. The second kappa shape index (κ2) is 8.99. The van der Waals surface area contributed by atoms with Gasteiger partial charge in [0.15, 0.2) is 12.7 Å². The standard InChI is InChI=1S/C23H28N2O4/c1-5-6-12-25-19-13-18(10-11-20(19)29-17(4)23(25)27)24-21(26)14-28-22-15(2)8-7-9-16(22)3/h7-11,13,17H,5-6,12,14H2,1-4H3,(H,24,26). The number of fused-ring (bicyclic) bond motifs is 1. The Morgan fingerprint density at radius 2 is 1.93 bits per heavy atom. The van der Waals surface area contributed by atoms with Gasteiger partial charge in [-0.2, -0.15) is 0 Å². The van der Waals surface area contributed by atoms with Crippen molar-refractivity contribution in [2.24, 2.45) is 0 Å². The van der Waals surface area contributed by atoms with E-state index in [0.717, 1.165) is 29.7 Å². The molecule has 0 fully saturated rings. The highest BCUT2D eigenvalue weighted by molar-refractivity contribution is 6.01. The van der Waals surface area contributed by atoms with Crippen LogP contribution < -0.4 is 19.7 Å². The number of hydrogen-bond donors (Lipinski definition) is 1. The Hall–Kier alpha value is -3.02. The van der Waals surface area contributed by atoms with E-state index in [1.165, 1.54) is 0 Å². The normalized spacial score (nSPS) is 15.5. The lowest BCUT2D eigenvalue weighted by Crippen LogP contribution is -2.44. The first-order chi connectivity index (χ1) is 13.9. The molecular weight excluding hydrogens is 368 g/mol. The molecule has 2 aromatic carbocycles. The first-order valence-electron chi connectivity index (χ1n) is 10.0. The summed E-state index contributed by atoms with van der Waals surface area (Å²) in [6.07, 6.45) is 1.38. The maximum absolute atomic E-state index is 12.5. The Labute approximate surface area is 171 Å². The monoisotopic (exact) mass is 396 g/mol. The van der Waals surface area contributed by atoms with E-state index in [4.69, 9.17) is 9.47 Å². The topological polar surface area (TPSA) is 67.9 Å². The number of para-hydroxylation sites is 1. The van der Waals surface area contributed by atoms with Gasteiger partial charge in [-0.05, 0) is 56.5 Å². The number of anilines is 2. The molecule has 6 nitrogen and oxygen atoms in total. The van der Waals surface area contributed by atoms with Crippen molar-refractivity contribution in [1.29, 1.82) is 0 Å². The summed E-state index contributed by atoms with van der Waals surface area (Å²) in [5, 5.41) is 2.85. The van der Waals surface area contributed by atoms with Crippen LogP contribution in [0.4, 0.5) is 11.4 Å². The summed E-state index contributed by atoms with van der Waals surface area (Å²) in [6.45, 7) is 8.28. The highest BCUT2D eigenvalue weighted by Gasteiger charge is 2.31. The SMILES string of the molecule is CCCCN1C(=O)C(C)Oc2ccc(NC(=O)COc3c(C)cccc3C)cc21. The van der Waals surface area contributed by atoms with Gasteiger partial charge in [-0.25, -0.2) is 0 Å². The molecule has 0 saturated heterocycles. The minimum atomic E-state index is -0.509. The molecule has 29 heavy (non-hydrogen) atoms. The molecule has 1 unspecified atom stereocenters. The summed E-state index contributed by atoms with van der Waals surface area (Å²) in [7, 11) is 0. The molecule has 0 aliphatic carbocycles. The molecule has 0 radical (unpaired) electrons. The number of benzene rings is 2. The van der Waals surface area contributed by atoms with E-state index in [9.17, 15) is 9.59 Å². The molecule has 1 aliphatic rings. The average Bonchev–Trinajstić information content (AvgIpc) is 2.68. The zero-order chi connectivity index (χ0) is 21.0. The lowest BCUT2D eigenvalue weighted by molar-refractivity contribution is -0.125. The Bertz CT molecular complexity index is 889. The van der Waals surface area contributed by atoms with Gasteiger partial charge in [-0.3, -0.25) is 9.59 Å². The van der Waals surface area contributed by atoms with E-state index in [1.807, 2.05) is 32.0 Å².